The standard InChI is InChI=1S/C23H30N2/c1-4-10-19(11-5-1)17-25-18-22(20-12-6-2-7-13-20)24-16-23(25)21-14-8-3-9-15-21/h1-2,4-7,10-13,21-24H,3,8-9,14-18H2. The van der Waals surface area contributed by atoms with Crippen LogP contribution in [0.25, 0.3) is 0 Å². The number of benzene rings is 2. The van der Waals surface area contributed by atoms with Gasteiger partial charge in [0.25, 0.3) is 0 Å². The van der Waals surface area contributed by atoms with Gasteiger partial charge in [0, 0.05) is 31.7 Å². The van der Waals surface area contributed by atoms with E-state index >= 15 is 0 Å². The van der Waals surface area contributed by atoms with Crippen LogP contribution < -0.4 is 5.32 Å². The van der Waals surface area contributed by atoms with E-state index in [2.05, 4.69) is 70.9 Å². The van der Waals surface area contributed by atoms with Crippen LogP contribution in [0.5, 0.6) is 0 Å². The summed E-state index contributed by atoms with van der Waals surface area (Å²) in [4.78, 5) is 2.76. The molecule has 2 aromatic rings. The van der Waals surface area contributed by atoms with Crippen LogP contribution in [0.2, 0.25) is 0 Å². The molecule has 132 valence electrons. The second-order valence-corrected chi connectivity index (χ2v) is 7.75. The topological polar surface area (TPSA) is 15.3 Å². The number of nitrogens with one attached hydrogen (secondary N) is 1. The predicted octanol–water partition coefficient (Wildman–Crippen LogP) is 4.78. The molecule has 2 heteroatoms. The van der Waals surface area contributed by atoms with Crippen LogP contribution in [0.1, 0.15) is 49.3 Å². The molecule has 1 aliphatic carbocycles. The Balaban J connectivity index is 1.52. The monoisotopic (exact) mass is 334 g/mol. The highest BCUT2D eigenvalue weighted by atomic mass is 15.2. The Morgan fingerprint density at radius 3 is 2.24 bits per heavy atom. The van der Waals surface area contributed by atoms with Crippen LogP contribution in [0, 0.1) is 5.92 Å². The van der Waals surface area contributed by atoms with Gasteiger partial charge in [-0.2, -0.15) is 0 Å². The molecular weight excluding hydrogens is 304 g/mol. The zero-order valence-electron chi connectivity index (χ0n) is 15.1. The van der Waals surface area contributed by atoms with Gasteiger partial charge in [0.2, 0.25) is 0 Å². The first kappa shape index (κ1) is 16.8. The van der Waals surface area contributed by atoms with Gasteiger partial charge in [-0.25, -0.2) is 0 Å². The molecule has 0 spiro atoms. The SMILES string of the molecule is c1ccc(CN2CC(c3ccccc3)NCC2C2CCCCC2)cc1. The van der Waals surface area contributed by atoms with Crippen molar-refractivity contribution in [1.29, 1.82) is 0 Å². The molecule has 1 saturated heterocycles. The van der Waals surface area contributed by atoms with Crippen molar-refractivity contribution < 1.29 is 0 Å². The lowest BCUT2D eigenvalue weighted by molar-refractivity contribution is 0.0651. The van der Waals surface area contributed by atoms with E-state index in [0.29, 0.717) is 12.1 Å². The molecule has 2 aromatic carbocycles. The van der Waals surface area contributed by atoms with Crippen LogP contribution in [0.15, 0.2) is 60.7 Å². The quantitative estimate of drug-likeness (QED) is 0.865. The van der Waals surface area contributed by atoms with E-state index in [0.717, 1.165) is 25.6 Å². The Morgan fingerprint density at radius 2 is 1.52 bits per heavy atom. The fourth-order valence-corrected chi connectivity index (χ4v) is 4.72. The molecule has 2 nitrogen and oxygen atoms in total. The summed E-state index contributed by atoms with van der Waals surface area (Å²) >= 11 is 0. The van der Waals surface area contributed by atoms with Crippen molar-refractivity contribution in [2.24, 2.45) is 5.92 Å². The second-order valence-electron chi connectivity index (χ2n) is 7.75. The number of rotatable bonds is 4. The maximum atomic E-state index is 3.86. The van der Waals surface area contributed by atoms with Gasteiger partial charge in [-0.15, -0.1) is 0 Å². The van der Waals surface area contributed by atoms with E-state index in [4.69, 9.17) is 0 Å². The Bertz CT molecular complexity index is 634. The minimum atomic E-state index is 0.449. The first-order chi connectivity index (χ1) is 12.4. The highest BCUT2D eigenvalue weighted by molar-refractivity contribution is 5.21. The van der Waals surface area contributed by atoms with Crippen molar-refractivity contribution >= 4 is 0 Å². The maximum absolute atomic E-state index is 3.86. The van der Waals surface area contributed by atoms with Crippen LogP contribution in [-0.2, 0) is 6.54 Å². The number of hydrogen-bond donors (Lipinski definition) is 1. The number of nitrogens with zero attached hydrogens (tertiary/aromatic N) is 1. The Kier molecular flexibility index (Phi) is 5.49. The van der Waals surface area contributed by atoms with Gasteiger partial charge < -0.3 is 5.32 Å². The summed E-state index contributed by atoms with van der Waals surface area (Å²) in [5, 5.41) is 3.86. The fraction of sp³-hybridized carbons (Fsp3) is 0.478. The minimum absolute atomic E-state index is 0.449. The molecule has 25 heavy (non-hydrogen) atoms. The van der Waals surface area contributed by atoms with Crippen molar-refractivity contribution in [2.45, 2.75) is 50.7 Å². The summed E-state index contributed by atoms with van der Waals surface area (Å²) in [5.41, 5.74) is 2.86. The molecule has 1 aliphatic heterocycles. The van der Waals surface area contributed by atoms with Crippen molar-refractivity contribution in [3.05, 3.63) is 71.8 Å². The normalized spacial score (nSPS) is 25.8. The smallest absolute Gasteiger partial charge is 0.0450 e. The molecule has 1 saturated carbocycles. The average Bonchev–Trinajstić information content (AvgIpc) is 2.70. The van der Waals surface area contributed by atoms with Gasteiger partial charge in [0.15, 0.2) is 0 Å². The first-order valence-corrected chi connectivity index (χ1v) is 9.96. The van der Waals surface area contributed by atoms with E-state index in [9.17, 15) is 0 Å². The summed E-state index contributed by atoms with van der Waals surface area (Å²) in [7, 11) is 0. The second kappa shape index (κ2) is 8.16. The fourth-order valence-electron chi connectivity index (χ4n) is 4.72. The summed E-state index contributed by atoms with van der Waals surface area (Å²) in [5.74, 6) is 0.863. The van der Waals surface area contributed by atoms with Gasteiger partial charge in [-0.3, -0.25) is 4.90 Å². The highest BCUT2D eigenvalue weighted by Gasteiger charge is 2.34. The van der Waals surface area contributed by atoms with Crippen LogP contribution in [0.3, 0.4) is 0 Å². The summed E-state index contributed by atoms with van der Waals surface area (Å²) in [6.07, 6.45) is 7.09. The molecule has 2 fully saturated rings. The molecule has 1 heterocycles. The Labute approximate surface area is 152 Å². The van der Waals surface area contributed by atoms with Crippen LogP contribution in [0.4, 0.5) is 0 Å². The largest absolute Gasteiger partial charge is 0.307 e. The first-order valence-electron chi connectivity index (χ1n) is 9.96. The predicted molar refractivity (Wildman–Crippen MR) is 104 cm³/mol. The highest BCUT2D eigenvalue weighted by Crippen LogP contribution is 2.33. The molecule has 0 radical (unpaired) electrons. The minimum Gasteiger partial charge on any atom is -0.307 e. The molecule has 2 unspecified atom stereocenters. The average molecular weight is 335 g/mol. The summed E-state index contributed by atoms with van der Waals surface area (Å²) < 4.78 is 0. The van der Waals surface area contributed by atoms with Gasteiger partial charge in [0.05, 0.1) is 0 Å². The lowest BCUT2D eigenvalue weighted by Gasteiger charge is -2.45. The van der Waals surface area contributed by atoms with Gasteiger partial charge >= 0.3 is 0 Å². The molecule has 0 amide bonds. The van der Waals surface area contributed by atoms with E-state index in [1.807, 2.05) is 0 Å². The van der Waals surface area contributed by atoms with Crippen LogP contribution >= 0.6 is 0 Å². The van der Waals surface area contributed by atoms with Crippen molar-refractivity contribution in [3.63, 3.8) is 0 Å². The molecule has 1 N–H and O–H groups in total. The Morgan fingerprint density at radius 1 is 0.840 bits per heavy atom. The molecule has 2 atom stereocenters. The Hall–Kier alpha value is -1.64. The number of hydrogen-bond acceptors (Lipinski definition) is 2. The van der Waals surface area contributed by atoms with Gasteiger partial charge in [-0.1, -0.05) is 79.9 Å². The zero-order chi connectivity index (χ0) is 16.9. The molecule has 0 aromatic heterocycles. The summed E-state index contributed by atoms with van der Waals surface area (Å²) in [6, 6.07) is 23.1. The molecule has 0 bridgehead atoms. The molecular formula is C23H30N2. The number of piperazine rings is 1. The summed E-state index contributed by atoms with van der Waals surface area (Å²) in [6.45, 7) is 3.31. The third-order valence-electron chi connectivity index (χ3n) is 6.08. The van der Waals surface area contributed by atoms with Crippen molar-refractivity contribution in [3.8, 4) is 0 Å². The van der Waals surface area contributed by atoms with E-state index in [1.54, 1.807) is 0 Å². The third kappa shape index (κ3) is 4.13. The van der Waals surface area contributed by atoms with E-state index < -0.39 is 0 Å². The lowest BCUT2D eigenvalue weighted by Crippen LogP contribution is -2.55. The van der Waals surface area contributed by atoms with Gasteiger partial charge in [0.1, 0.15) is 0 Å². The van der Waals surface area contributed by atoms with Crippen molar-refractivity contribution in [2.75, 3.05) is 13.1 Å². The third-order valence-corrected chi connectivity index (χ3v) is 6.08. The molecule has 2 aliphatic rings. The van der Waals surface area contributed by atoms with Gasteiger partial charge in [-0.05, 0) is 29.9 Å². The maximum Gasteiger partial charge on any atom is 0.0450 e. The van der Waals surface area contributed by atoms with E-state index in [1.165, 1.54) is 43.2 Å². The lowest BCUT2D eigenvalue weighted by atomic mass is 9.81. The van der Waals surface area contributed by atoms with Crippen molar-refractivity contribution in [1.82, 2.24) is 10.2 Å². The van der Waals surface area contributed by atoms with E-state index in [-0.39, 0.29) is 0 Å². The van der Waals surface area contributed by atoms with Crippen LogP contribution in [-0.4, -0.2) is 24.0 Å². The zero-order valence-corrected chi connectivity index (χ0v) is 15.1. The molecule has 4 rings (SSSR count).